The first-order valence-electron chi connectivity index (χ1n) is 5.77. The van der Waals surface area contributed by atoms with E-state index in [0.29, 0.717) is 11.5 Å². The second kappa shape index (κ2) is 4.93. The molecule has 0 unspecified atom stereocenters. The molecule has 20 heavy (non-hydrogen) atoms. The van der Waals surface area contributed by atoms with Crippen molar-refractivity contribution in [1.29, 1.82) is 0 Å². The smallest absolute Gasteiger partial charge is 0.252 e. The van der Waals surface area contributed by atoms with E-state index in [1.54, 1.807) is 4.40 Å². The standard InChI is InChI=1S/C11H11N5O2S2/c1-8-2-3-9-14-15-10(16(9)7-8)6-13-20(17,18)11-4-5-12-19-11/h2-5,7,13H,6H2,1H3. The van der Waals surface area contributed by atoms with Crippen LogP contribution in [0.15, 0.2) is 34.8 Å². The van der Waals surface area contributed by atoms with Crippen molar-refractivity contribution in [2.45, 2.75) is 17.7 Å². The van der Waals surface area contributed by atoms with Crippen LogP contribution in [0.25, 0.3) is 5.65 Å². The van der Waals surface area contributed by atoms with Crippen LogP contribution < -0.4 is 4.72 Å². The fourth-order valence-electron chi connectivity index (χ4n) is 1.74. The molecule has 0 atom stereocenters. The average Bonchev–Trinajstić information content (AvgIpc) is 3.06. The van der Waals surface area contributed by atoms with Crippen molar-refractivity contribution in [3.8, 4) is 0 Å². The molecule has 3 heterocycles. The molecule has 0 saturated heterocycles. The molecule has 1 N–H and O–H groups in total. The Hall–Kier alpha value is -1.84. The molecule has 0 fully saturated rings. The summed E-state index contributed by atoms with van der Waals surface area (Å²) in [5.41, 5.74) is 1.73. The first-order chi connectivity index (χ1) is 9.56. The highest BCUT2D eigenvalue weighted by atomic mass is 32.2. The normalized spacial score (nSPS) is 12.1. The van der Waals surface area contributed by atoms with E-state index >= 15 is 0 Å². The Kier molecular flexibility index (Phi) is 3.24. The minimum Gasteiger partial charge on any atom is -0.285 e. The third kappa shape index (κ3) is 2.42. The van der Waals surface area contributed by atoms with E-state index in [1.807, 2.05) is 25.3 Å². The largest absolute Gasteiger partial charge is 0.285 e. The van der Waals surface area contributed by atoms with Gasteiger partial charge in [0.15, 0.2) is 15.7 Å². The van der Waals surface area contributed by atoms with Crippen LogP contribution >= 0.6 is 11.5 Å². The van der Waals surface area contributed by atoms with Gasteiger partial charge in [-0.25, -0.2) is 13.1 Å². The molecule has 0 amide bonds. The molecule has 7 nitrogen and oxygen atoms in total. The lowest BCUT2D eigenvalue weighted by Gasteiger charge is -2.03. The number of nitrogens with zero attached hydrogens (tertiary/aromatic N) is 4. The van der Waals surface area contributed by atoms with Crippen LogP contribution in [-0.4, -0.2) is 27.4 Å². The summed E-state index contributed by atoms with van der Waals surface area (Å²) in [5, 5.41) is 7.99. The molecule has 0 radical (unpaired) electrons. The Morgan fingerprint density at radius 1 is 1.30 bits per heavy atom. The third-order valence-corrected chi connectivity index (χ3v) is 5.34. The van der Waals surface area contributed by atoms with E-state index in [4.69, 9.17) is 0 Å². The number of nitrogens with one attached hydrogen (secondary N) is 1. The zero-order valence-corrected chi connectivity index (χ0v) is 12.1. The van der Waals surface area contributed by atoms with Gasteiger partial charge in [0.25, 0.3) is 10.0 Å². The Labute approximate surface area is 119 Å². The van der Waals surface area contributed by atoms with Crippen molar-refractivity contribution >= 4 is 27.2 Å². The highest BCUT2D eigenvalue weighted by molar-refractivity contribution is 7.91. The van der Waals surface area contributed by atoms with Crippen molar-refractivity contribution in [3.63, 3.8) is 0 Å². The molecule has 0 spiro atoms. The molecule has 3 rings (SSSR count). The van der Waals surface area contributed by atoms with Gasteiger partial charge in [-0.15, -0.1) is 10.2 Å². The van der Waals surface area contributed by atoms with E-state index in [1.165, 1.54) is 12.3 Å². The lowest BCUT2D eigenvalue weighted by molar-refractivity contribution is 0.581. The van der Waals surface area contributed by atoms with Crippen LogP contribution in [0, 0.1) is 6.92 Å². The van der Waals surface area contributed by atoms with Crippen LogP contribution in [0.4, 0.5) is 0 Å². The summed E-state index contributed by atoms with van der Waals surface area (Å²) in [6.07, 6.45) is 3.32. The number of hydrogen-bond donors (Lipinski definition) is 1. The van der Waals surface area contributed by atoms with Crippen molar-refractivity contribution in [2.75, 3.05) is 0 Å². The van der Waals surface area contributed by atoms with Gasteiger partial charge in [-0.05, 0) is 36.2 Å². The van der Waals surface area contributed by atoms with Crippen molar-refractivity contribution in [3.05, 3.63) is 42.0 Å². The van der Waals surface area contributed by atoms with Gasteiger partial charge in [-0.2, -0.15) is 4.37 Å². The van der Waals surface area contributed by atoms with Gasteiger partial charge in [-0.1, -0.05) is 6.07 Å². The van der Waals surface area contributed by atoms with Crippen LogP contribution in [-0.2, 0) is 16.6 Å². The number of rotatable bonds is 4. The first kappa shape index (κ1) is 13.2. The minimum absolute atomic E-state index is 0.0743. The summed E-state index contributed by atoms with van der Waals surface area (Å²) < 4.78 is 32.2. The average molecular weight is 309 g/mol. The summed E-state index contributed by atoms with van der Waals surface area (Å²) in [5.74, 6) is 0.539. The van der Waals surface area contributed by atoms with Crippen LogP contribution in [0.3, 0.4) is 0 Å². The summed E-state index contributed by atoms with van der Waals surface area (Å²) in [6.45, 7) is 2.02. The first-order valence-corrected chi connectivity index (χ1v) is 8.02. The Morgan fingerprint density at radius 2 is 2.15 bits per heavy atom. The van der Waals surface area contributed by atoms with Crippen molar-refractivity contribution in [1.82, 2.24) is 23.7 Å². The minimum atomic E-state index is -3.55. The van der Waals surface area contributed by atoms with Gasteiger partial charge in [0.05, 0.1) is 6.54 Å². The maximum Gasteiger partial charge on any atom is 0.252 e. The van der Waals surface area contributed by atoms with E-state index < -0.39 is 10.0 Å². The van der Waals surface area contributed by atoms with Crippen molar-refractivity contribution < 1.29 is 8.42 Å². The zero-order chi connectivity index (χ0) is 14.2. The van der Waals surface area contributed by atoms with E-state index in [-0.39, 0.29) is 10.8 Å². The zero-order valence-electron chi connectivity index (χ0n) is 10.5. The summed E-state index contributed by atoms with van der Waals surface area (Å²) in [7, 11) is -3.55. The van der Waals surface area contributed by atoms with E-state index in [0.717, 1.165) is 17.1 Å². The summed E-state index contributed by atoms with van der Waals surface area (Å²) in [4.78, 5) is 0. The number of fused-ring (bicyclic) bond motifs is 1. The maximum absolute atomic E-state index is 12.0. The molecular weight excluding hydrogens is 298 g/mol. The molecule has 0 aliphatic rings. The molecule has 104 valence electrons. The quantitative estimate of drug-likeness (QED) is 0.776. The Balaban J connectivity index is 1.86. The van der Waals surface area contributed by atoms with Crippen LogP contribution in [0.1, 0.15) is 11.4 Å². The molecular formula is C11H11N5O2S2. The van der Waals surface area contributed by atoms with Gasteiger partial charge in [0.1, 0.15) is 0 Å². The lowest BCUT2D eigenvalue weighted by Crippen LogP contribution is -2.23. The molecule has 3 aromatic rings. The second-order valence-electron chi connectivity index (χ2n) is 4.21. The summed E-state index contributed by atoms with van der Waals surface area (Å²) in [6, 6.07) is 5.22. The van der Waals surface area contributed by atoms with Crippen LogP contribution in [0.2, 0.25) is 0 Å². The maximum atomic E-state index is 12.0. The Morgan fingerprint density at radius 3 is 2.90 bits per heavy atom. The predicted octanol–water partition coefficient (Wildman–Crippen LogP) is 0.973. The van der Waals surface area contributed by atoms with Gasteiger partial charge in [0, 0.05) is 12.4 Å². The highest BCUT2D eigenvalue weighted by Gasteiger charge is 2.17. The predicted molar refractivity (Wildman–Crippen MR) is 73.9 cm³/mol. The van der Waals surface area contributed by atoms with Gasteiger partial charge < -0.3 is 0 Å². The highest BCUT2D eigenvalue weighted by Crippen LogP contribution is 2.13. The van der Waals surface area contributed by atoms with E-state index in [2.05, 4.69) is 19.3 Å². The molecule has 3 aromatic heterocycles. The third-order valence-electron chi connectivity index (χ3n) is 2.72. The number of aryl methyl sites for hydroxylation is 1. The van der Waals surface area contributed by atoms with Gasteiger partial charge >= 0.3 is 0 Å². The van der Waals surface area contributed by atoms with Crippen LogP contribution in [0.5, 0.6) is 0 Å². The fourth-order valence-corrected chi connectivity index (χ4v) is 3.49. The van der Waals surface area contributed by atoms with E-state index in [9.17, 15) is 8.42 Å². The molecule has 0 aromatic carbocycles. The van der Waals surface area contributed by atoms with Gasteiger partial charge in [0.2, 0.25) is 0 Å². The number of hydrogen-bond acceptors (Lipinski definition) is 6. The molecule has 0 aliphatic heterocycles. The second-order valence-corrected chi connectivity index (χ2v) is 7.03. The van der Waals surface area contributed by atoms with Crippen molar-refractivity contribution in [2.24, 2.45) is 0 Å². The lowest BCUT2D eigenvalue weighted by atomic mass is 10.3. The molecule has 0 aliphatic carbocycles. The topological polar surface area (TPSA) is 89.2 Å². The number of aromatic nitrogens is 4. The number of sulfonamides is 1. The summed E-state index contributed by atoms with van der Waals surface area (Å²) >= 11 is 0.930. The Bertz CT molecular complexity index is 839. The fraction of sp³-hybridized carbons (Fsp3) is 0.182. The monoisotopic (exact) mass is 309 g/mol. The SMILES string of the molecule is Cc1ccc2nnc(CNS(=O)(=O)c3ccns3)n2c1. The molecule has 0 bridgehead atoms. The van der Waals surface area contributed by atoms with Gasteiger partial charge in [-0.3, -0.25) is 4.40 Å². The number of pyridine rings is 1. The molecule has 0 saturated carbocycles. The molecule has 9 heteroatoms.